The molecular formula is C26H35FN4O5S. The Bertz CT molecular complexity index is 1240. The average Bonchev–Trinajstić information content (AvgIpc) is 2.86. The number of aliphatic hydroxyl groups excluding tert-OH is 1. The number of anilines is 1. The first-order valence-corrected chi connectivity index (χ1v) is 14.0. The molecule has 0 radical (unpaired) electrons. The number of hydrogen-bond donors (Lipinski definition) is 4. The lowest BCUT2D eigenvalue weighted by molar-refractivity contribution is 0.0952. The molecule has 0 bridgehead atoms. The van der Waals surface area contributed by atoms with Crippen LogP contribution in [0.3, 0.4) is 0 Å². The molecule has 1 aromatic heterocycles. The van der Waals surface area contributed by atoms with Crippen LogP contribution >= 0.6 is 0 Å². The van der Waals surface area contributed by atoms with E-state index in [4.69, 9.17) is 9.29 Å². The molecule has 0 aliphatic carbocycles. The Balaban J connectivity index is 0.000000695. The zero-order chi connectivity index (χ0) is 26.8. The smallest absolute Gasteiger partial charge is 0.261 e. The van der Waals surface area contributed by atoms with Crippen molar-refractivity contribution in [2.24, 2.45) is 0 Å². The van der Waals surface area contributed by atoms with Crippen LogP contribution < -0.4 is 15.4 Å². The molecule has 1 saturated heterocycles. The van der Waals surface area contributed by atoms with Crippen LogP contribution in [-0.2, 0) is 10.1 Å². The van der Waals surface area contributed by atoms with E-state index in [1.54, 1.807) is 19.4 Å². The van der Waals surface area contributed by atoms with Crippen molar-refractivity contribution in [3.63, 3.8) is 0 Å². The maximum absolute atomic E-state index is 13.2. The van der Waals surface area contributed by atoms with Gasteiger partial charge in [0.15, 0.2) is 0 Å². The largest absolute Gasteiger partial charge is 0.497 e. The minimum Gasteiger partial charge on any atom is -0.497 e. The lowest BCUT2D eigenvalue weighted by Gasteiger charge is -2.33. The Morgan fingerprint density at radius 3 is 2.57 bits per heavy atom. The maximum Gasteiger partial charge on any atom is 0.261 e. The molecule has 0 spiro atoms. The second-order valence-electron chi connectivity index (χ2n) is 9.00. The van der Waals surface area contributed by atoms with Crippen molar-refractivity contribution in [1.29, 1.82) is 0 Å². The molecular weight excluding hydrogens is 499 g/mol. The summed E-state index contributed by atoms with van der Waals surface area (Å²) in [6.07, 6.45) is 3.97. The van der Waals surface area contributed by atoms with Gasteiger partial charge in [-0.25, -0.2) is 4.39 Å². The van der Waals surface area contributed by atoms with Gasteiger partial charge in [-0.3, -0.25) is 9.54 Å². The van der Waals surface area contributed by atoms with Gasteiger partial charge in [-0.15, -0.1) is 0 Å². The highest BCUT2D eigenvalue weighted by Crippen LogP contribution is 2.27. The number of aliphatic hydroxyl groups is 1. The van der Waals surface area contributed by atoms with E-state index in [0.717, 1.165) is 66.9 Å². The van der Waals surface area contributed by atoms with E-state index < -0.39 is 16.2 Å². The quantitative estimate of drug-likeness (QED) is 0.242. The van der Waals surface area contributed by atoms with Crippen LogP contribution in [0.5, 0.6) is 5.75 Å². The van der Waals surface area contributed by atoms with Crippen molar-refractivity contribution < 1.29 is 27.2 Å². The van der Waals surface area contributed by atoms with Crippen molar-refractivity contribution in [3.8, 4) is 5.75 Å². The molecule has 202 valence electrons. The summed E-state index contributed by atoms with van der Waals surface area (Å²) in [4.78, 5) is 6.72. The number of β-amino-alcohol motifs (C(OH)–C–C–N with tert-alkyl or cyclic N) is 1. The topological polar surface area (TPSA) is 124 Å². The van der Waals surface area contributed by atoms with Crippen molar-refractivity contribution in [3.05, 3.63) is 66.1 Å². The van der Waals surface area contributed by atoms with Gasteiger partial charge in [0.2, 0.25) is 0 Å². The maximum atomic E-state index is 13.2. The van der Waals surface area contributed by atoms with E-state index in [0.29, 0.717) is 18.8 Å². The molecule has 0 unspecified atom stereocenters. The van der Waals surface area contributed by atoms with Gasteiger partial charge in [-0.2, -0.15) is 8.42 Å². The predicted octanol–water partition coefficient (Wildman–Crippen LogP) is 3.09. The van der Waals surface area contributed by atoms with E-state index in [1.165, 1.54) is 12.1 Å². The highest BCUT2D eigenvalue weighted by molar-refractivity contribution is 7.85. The number of hydrogen-bond acceptors (Lipinski definition) is 8. The number of rotatable bonds is 9. The summed E-state index contributed by atoms with van der Waals surface area (Å²) in [6, 6.07) is 14.6. The predicted molar refractivity (Wildman–Crippen MR) is 143 cm³/mol. The molecule has 0 amide bonds. The molecule has 2 aromatic carbocycles. The number of nitrogens with one attached hydrogen (secondary N) is 2. The monoisotopic (exact) mass is 534 g/mol. The van der Waals surface area contributed by atoms with E-state index in [1.807, 2.05) is 30.3 Å². The van der Waals surface area contributed by atoms with E-state index >= 15 is 0 Å². The van der Waals surface area contributed by atoms with Crippen LogP contribution in [-0.4, -0.2) is 80.1 Å². The summed E-state index contributed by atoms with van der Waals surface area (Å²) < 4.78 is 44.4. The summed E-state index contributed by atoms with van der Waals surface area (Å²) in [6.45, 7) is 4.07. The second kappa shape index (κ2) is 13.6. The number of pyridine rings is 1. The number of piperidine rings is 1. The third-order valence-corrected chi connectivity index (χ3v) is 6.07. The van der Waals surface area contributed by atoms with Crippen molar-refractivity contribution in [2.75, 3.05) is 51.4 Å². The van der Waals surface area contributed by atoms with Crippen molar-refractivity contribution in [1.82, 2.24) is 15.2 Å². The standard InChI is InChI=1S/C25H31FN4O2.CH4O3S/c1-32-21-5-6-24-23(16-21)22(7-10-29-24)25(31)17-30-13-8-19(9-14-30)27-11-12-28-20-4-2-3-18(26)15-20;1-5(2,3)4/h2-7,10,15-16,19,25,27-28,31H,8-9,11-14,17H2,1H3;1H3,(H,2,3,4)/t25-;/m0./s1. The molecule has 2 heterocycles. The summed E-state index contributed by atoms with van der Waals surface area (Å²) in [5, 5.41) is 18.7. The van der Waals surface area contributed by atoms with E-state index in [2.05, 4.69) is 20.5 Å². The first-order valence-electron chi connectivity index (χ1n) is 12.1. The van der Waals surface area contributed by atoms with Gasteiger partial charge < -0.3 is 25.4 Å². The van der Waals surface area contributed by atoms with Crippen molar-refractivity contribution in [2.45, 2.75) is 25.0 Å². The number of fused-ring (bicyclic) bond motifs is 1. The number of methoxy groups -OCH3 is 1. The molecule has 37 heavy (non-hydrogen) atoms. The van der Waals surface area contributed by atoms with Crippen LogP contribution in [0.4, 0.5) is 10.1 Å². The van der Waals surface area contributed by atoms with Crippen LogP contribution in [0.2, 0.25) is 0 Å². The summed E-state index contributed by atoms with van der Waals surface area (Å²) in [5.74, 6) is 0.536. The van der Waals surface area contributed by atoms with Crippen LogP contribution in [0, 0.1) is 5.82 Å². The Labute approximate surface area is 217 Å². The van der Waals surface area contributed by atoms with E-state index in [9.17, 15) is 17.9 Å². The number of nitrogens with zero attached hydrogens (tertiary/aromatic N) is 2. The highest BCUT2D eigenvalue weighted by Gasteiger charge is 2.22. The molecule has 1 aliphatic heterocycles. The Morgan fingerprint density at radius 1 is 1.16 bits per heavy atom. The zero-order valence-corrected chi connectivity index (χ0v) is 21.9. The lowest BCUT2D eigenvalue weighted by Crippen LogP contribution is -2.44. The minimum absolute atomic E-state index is 0.226. The molecule has 1 fully saturated rings. The third-order valence-electron chi connectivity index (χ3n) is 6.07. The molecule has 1 atom stereocenters. The van der Waals surface area contributed by atoms with Gasteiger partial charge in [0.25, 0.3) is 10.1 Å². The first-order chi connectivity index (χ1) is 17.6. The lowest BCUT2D eigenvalue weighted by atomic mass is 10.0. The Hall–Kier alpha value is -2.83. The third kappa shape index (κ3) is 9.86. The SMILES string of the molecule is COc1ccc2nccc([C@@H](O)CN3CCC(NCCNc4cccc(F)c4)CC3)c2c1.CS(=O)(=O)O. The normalized spacial score (nSPS) is 15.6. The Morgan fingerprint density at radius 2 is 1.89 bits per heavy atom. The van der Waals surface area contributed by atoms with Gasteiger partial charge in [-0.1, -0.05) is 6.07 Å². The fourth-order valence-electron chi connectivity index (χ4n) is 4.31. The van der Waals surface area contributed by atoms with E-state index in [-0.39, 0.29) is 5.82 Å². The van der Waals surface area contributed by atoms with Crippen LogP contribution in [0.15, 0.2) is 54.7 Å². The summed E-state index contributed by atoms with van der Waals surface area (Å²) in [5.41, 5.74) is 2.55. The minimum atomic E-state index is -3.67. The number of likely N-dealkylation sites (tertiary alicyclic amines) is 1. The number of halogens is 1. The van der Waals surface area contributed by atoms with Gasteiger partial charge in [0.05, 0.1) is 25.0 Å². The number of benzene rings is 2. The number of ether oxygens (including phenoxy) is 1. The Kier molecular flexibility index (Phi) is 10.6. The first kappa shape index (κ1) is 28.7. The summed E-state index contributed by atoms with van der Waals surface area (Å²) in [7, 11) is -2.02. The molecule has 9 nitrogen and oxygen atoms in total. The molecule has 1 aliphatic rings. The van der Waals surface area contributed by atoms with Gasteiger partial charge >= 0.3 is 0 Å². The number of aromatic nitrogens is 1. The van der Waals surface area contributed by atoms with Crippen molar-refractivity contribution >= 4 is 26.7 Å². The van der Waals surface area contributed by atoms with Gasteiger partial charge in [0, 0.05) is 42.9 Å². The van der Waals surface area contributed by atoms with Crippen LogP contribution in [0.1, 0.15) is 24.5 Å². The summed E-state index contributed by atoms with van der Waals surface area (Å²) >= 11 is 0. The average molecular weight is 535 g/mol. The molecule has 0 saturated carbocycles. The van der Waals surface area contributed by atoms with Crippen LogP contribution in [0.25, 0.3) is 10.9 Å². The second-order valence-corrected chi connectivity index (χ2v) is 10.5. The zero-order valence-electron chi connectivity index (χ0n) is 21.1. The molecule has 4 rings (SSSR count). The fourth-order valence-corrected chi connectivity index (χ4v) is 4.31. The van der Waals surface area contributed by atoms with Gasteiger partial charge in [0.1, 0.15) is 11.6 Å². The fraction of sp³-hybridized carbons (Fsp3) is 0.423. The van der Waals surface area contributed by atoms with Gasteiger partial charge in [-0.05, 0) is 74.0 Å². The molecule has 11 heteroatoms. The highest BCUT2D eigenvalue weighted by atomic mass is 32.2. The molecule has 3 aromatic rings. The molecule has 4 N–H and O–H groups in total.